The lowest BCUT2D eigenvalue weighted by Crippen LogP contribution is -2.23. The molecule has 10 heteroatoms. The van der Waals surface area contributed by atoms with Crippen molar-refractivity contribution in [1.29, 1.82) is 0 Å². The van der Waals surface area contributed by atoms with E-state index in [-0.39, 0.29) is 10.5 Å². The molecule has 0 amide bonds. The minimum absolute atomic E-state index is 0.0247. The Kier molecular flexibility index (Phi) is 4.97. The summed E-state index contributed by atoms with van der Waals surface area (Å²) in [5, 5.41) is 9.47. The van der Waals surface area contributed by atoms with Crippen molar-refractivity contribution in [2.75, 3.05) is 0 Å². The van der Waals surface area contributed by atoms with Crippen molar-refractivity contribution in [3.8, 4) is 11.3 Å². The number of furan rings is 1. The lowest BCUT2D eigenvalue weighted by Gasteiger charge is -2.00. The Labute approximate surface area is 186 Å². The minimum Gasteiger partial charge on any atom is -0.457 e. The Morgan fingerprint density at radius 3 is 2.47 bits per heavy atom. The van der Waals surface area contributed by atoms with E-state index in [1.807, 2.05) is 30.3 Å². The van der Waals surface area contributed by atoms with Gasteiger partial charge in [-0.3, -0.25) is 4.79 Å². The van der Waals surface area contributed by atoms with Crippen molar-refractivity contribution >= 4 is 32.4 Å². The summed E-state index contributed by atoms with van der Waals surface area (Å²) in [5.41, 5.74) is 1.50. The highest BCUT2D eigenvalue weighted by Gasteiger charge is 2.12. The number of aromatic nitrogens is 3. The molecule has 160 valence electrons. The Morgan fingerprint density at radius 2 is 1.78 bits per heavy atom. The molecule has 0 fully saturated rings. The molecule has 0 saturated carbocycles. The molecular weight excluding hydrogens is 448 g/mol. The van der Waals surface area contributed by atoms with Crippen LogP contribution in [0, 0.1) is 0 Å². The highest BCUT2D eigenvalue weighted by atomic mass is 32.2. The van der Waals surface area contributed by atoms with Crippen LogP contribution >= 0.6 is 11.3 Å². The standard InChI is InChI=1S/C22H16N4O4S2/c23-32(28,29)17-9-6-15(7-10-17)18-11-8-16(30-18)13-19-21(27)26-22(31-19)24-20(25-26)12-14-4-2-1-3-5-14/h1-11,13H,12H2,(H2,23,28,29). The molecular formula is C22H16N4O4S2. The number of primary sulfonamides is 1. The zero-order chi connectivity index (χ0) is 22.3. The molecule has 0 saturated heterocycles. The lowest BCUT2D eigenvalue weighted by molar-refractivity contribution is 0.571. The van der Waals surface area contributed by atoms with E-state index >= 15 is 0 Å². The third-order valence-electron chi connectivity index (χ3n) is 4.80. The number of rotatable bonds is 5. The maximum Gasteiger partial charge on any atom is 0.291 e. The highest BCUT2D eigenvalue weighted by molar-refractivity contribution is 7.89. The van der Waals surface area contributed by atoms with Crippen LogP contribution in [0.4, 0.5) is 0 Å². The quantitative estimate of drug-likeness (QED) is 0.426. The molecule has 0 aliphatic rings. The predicted molar refractivity (Wildman–Crippen MR) is 121 cm³/mol. The average molecular weight is 465 g/mol. The second-order valence-electron chi connectivity index (χ2n) is 7.07. The summed E-state index contributed by atoms with van der Waals surface area (Å²) in [6, 6.07) is 19.4. The van der Waals surface area contributed by atoms with Gasteiger partial charge < -0.3 is 4.42 Å². The molecule has 0 aliphatic carbocycles. The second-order valence-corrected chi connectivity index (χ2v) is 9.64. The summed E-state index contributed by atoms with van der Waals surface area (Å²) in [6.45, 7) is 0. The van der Waals surface area contributed by atoms with Gasteiger partial charge in [0.25, 0.3) is 5.56 Å². The fourth-order valence-corrected chi connectivity index (χ4v) is 4.67. The van der Waals surface area contributed by atoms with Gasteiger partial charge in [0.2, 0.25) is 15.0 Å². The van der Waals surface area contributed by atoms with E-state index in [1.165, 1.54) is 28.0 Å². The summed E-state index contributed by atoms with van der Waals surface area (Å²) in [7, 11) is -3.75. The smallest absolute Gasteiger partial charge is 0.291 e. The van der Waals surface area contributed by atoms with Crippen LogP contribution in [-0.4, -0.2) is 23.0 Å². The Morgan fingerprint density at radius 1 is 1.03 bits per heavy atom. The number of hydrogen-bond donors (Lipinski definition) is 1. The van der Waals surface area contributed by atoms with Crippen LogP contribution in [0.25, 0.3) is 22.4 Å². The Bertz CT molecular complexity index is 1630. The maximum absolute atomic E-state index is 12.7. The molecule has 0 unspecified atom stereocenters. The van der Waals surface area contributed by atoms with Gasteiger partial charge in [0.15, 0.2) is 5.82 Å². The first kappa shape index (κ1) is 20.3. The number of nitrogens with two attached hydrogens (primary N) is 1. The van der Waals surface area contributed by atoms with E-state index in [0.717, 1.165) is 5.56 Å². The van der Waals surface area contributed by atoms with Crippen LogP contribution in [0.3, 0.4) is 0 Å². The van der Waals surface area contributed by atoms with E-state index in [9.17, 15) is 13.2 Å². The van der Waals surface area contributed by atoms with Crippen molar-refractivity contribution in [2.24, 2.45) is 5.14 Å². The summed E-state index contributed by atoms with van der Waals surface area (Å²) < 4.78 is 30.4. The molecule has 0 atom stereocenters. The third kappa shape index (κ3) is 3.98. The van der Waals surface area contributed by atoms with Crippen molar-refractivity contribution in [3.05, 3.63) is 98.8 Å². The van der Waals surface area contributed by atoms with E-state index < -0.39 is 10.0 Å². The van der Waals surface area contributed by atoms with E-state index in [0.29, 0.717) is 38.8 Å². The van der Waals surface area contributed by atoms with Gasteiger partial charge in [-0.25, -0.2) is 18.5 Å². The van der Waals surface area contributed by atoms with Crippen LogP contribution in [0.2, 0.25) is 0 Å². The molecule has 0 radical (unpaired) electrons. The van der Waals surface area contributed by atoms with Gasteiger partial charge in [0.1, 0.15) is 16.1 Å². The van der Waals surface area contributed by atoms with Crippen molar-refractivity contribution in [3.63, 3.8) is 0 Å². The molecule has 0 aliphatic heterocycles. The molecule has 0 bridgehead atoms. The lowest BCUT2D eigenvalue weighted by atomic mass is 10.1. The van der Waals surface area contributed by atoms with Crippen molar-refractivity contribution in [1.82, 2.24) is 14.6 Å². The Hall–Kier alpha value is -3.60. The van der Waals surface area contributed by atoms with Crippen LogP contribution in [0.5, 0.6) is 0 Å². The topological polar surface area (TPSA) is 121 Å². The van der Waals surface area contributed by atoms with E-state index in [2.05, 4.69) is 10.1 Å². The minimum atomic E-state index is -3.75. The molecule has 3 heterocycles. The zero-order valence-electron chi connectivity index (χ0n) is 16.5. The number of hydrogen-bond acceptors (Lipinski definition) is 7. The molecule has 5 rings (SSSR count). The fourth-order valence-electron chi connectivity index (χ4n) is 3.25. The monoisotopic (exact) mass is 464 g/mol. The number of nitrogens with zero attached hydrogens (tertiary/aromatic N) is 3. The Balaban J connectivity index is 1.42. The van der Waals surface area contributed by atoms with E-state index in [4.69, 9.17) is 9.56 Å². The molecule has 5 aromatic rings. The summed E-state index contributed by atoms with van der Waals surface area (Å²) in [4.78, 5) is 17.8. The second kappa shape index (κ2) is 7.83. The first-order chi connectivity index (χ1) is 15.4. The molecule has 0 spiro atoms. The molecule has 32 heavy (non-hydrogen) atoms. The van der Waals surface area contributed by atoms with Gasteiger partial charge in [-0.2, -0.15) is 4.52 Å². The molecule has 2 N–H and O–H groups in total. The molecule has 2 aromatic carbocycles. The number of sulfonamides is 1. The number of fused-ring (bicyclic) bond motifs is 1. The van der Waals surface area contributed by atoms with Gasteiger partial charge in [-0.15, -0.1) is 5.10 Å². The zero-order valence-corrected chi connectivity index (χ0v) is 18.1. The van der Waals surface area contributed by atoms with Crippen LogP contribution in [0.15, 0.2) is 80.8 Å². The largest absolute Gasteiger partial charge is 0.457 e. The summed E-state index contributed by atoms with van der Waals surface area (Å²) in [5.74, 6) is 1.62. The van der Waals surface area contributed by atoms with Gasteiger partial charge in [0.05, 0.1) is 4.90 Å². The fraction of sp³-hybridized carbons (Fsp3) is 0.0455. The normalized spacial score (nSPS) is 12.6. The first-order valence-corrected chi connectivity index (χ1v) is 11.9. The average Bonchev–Trinajstić information content (AvgIpc) is 3.46. The molecule has 8 nitrogen and oxygen atoms in total. The SMILES string of the molecule is NS(=O)(=O)c1ccc(-c2ccc(C=c3sc4nc(Cc5ccccc5)nn4c3=O)o2)cc1. The number of benzene rings is 2. The van der Waals surface area contributed by atoms with Crippen molar-refractivity contribution < 1.29 is 12.8 Å². The van der Waals surface area contributed by atoms with Gasteiger partial charge in [-0.1, -0.05) is 41.7 Å². The summed E-state index contributed by atoms with van der Waals surface area (Å²) >= 11 is 1.24. The van der Waals surface area contributed by atoms with Crippen LogP contribution in [-0.2, 0) is 16.4 Å². The van der Waals surface area contributed by atoms with Gasteiger partial charge >= 0.3 is 0 Å². The predicted octanol–water partition coefficient (Wildman–Crippen LogP) is 2.20. The van der Waals surface area contributed by atoms with Crippen LogP contribution < -0.4 is 15.2 Å². The van der Waals surface area contributed by atoms with Gasteiger partial charge in [0, 0.05) is 18.1 Å². The van der Waals surface area contributed by atoms with Crippen LogP contribution in [0.1, 0.15) is 17.1 Å². The maximum atomic E-state index is 12.7. The van der Waals surface area contributed by atoms with E-state index in [1.54, 1.807) is 30.3 Å². The third-order valence-corrected chi connectivity index (χ3v) is 6.69. The summed E-state index contributed by atoms with van der Waals surface area (Å²) in [6.07, 6.45) is 2.20. The number of thiazole rings is 1. The first-order valence-electron chi connectivity index (χ1n) is 9.54. The van der Waals surface area contributed by atoms with Crippen molar-refractivity contribution in [2.45, 2.75) is 11.3 Å². The molecule has 3 aromatic heterocycles. The highest BCUT2D eigenvalue weighted by Crippen LogP contribution is 2.23. The van der Waals surface area contributed by atoms with Gasteiger partial charge in [-0.05, 0) is 42.0 Å².